The van der Waals surface area contributed by atoms with E-state index in [-0.39, 0.29) is 0 Å². The van der Waals surface area contributed by atoms with Crippen molar-refractivity contribution in [2.24, 2.45) is 0 Å². The molecule has 0 saturated carbocycles. The topological polar surface area (TPSA) is 15.5 Å². The summed E-state index contributed by atoms with van der Waals surface area (Å²) < 4.78 is 10.4. The van der Waals surface area contributed by atoms with E-state index in [9.17, 15) is 0 Å². The average Bonchev–Trinajstić information content (AvgIpc) is 3.47. The molecule has 3 nitrogen and oxygen atoms in total. The molecule has 0 N–H and O–H groups in total. The van der Waals surface area contributed by atoms with E-state index in [0.717, 1.165) is 31.0 Å². The first kappa shape index (κ1) is 24.7. The molecule has 178 valence electrons. The van der Waals surface area contributed by atoms with Gasteiger partial charge in [0, 0.05) is 6.54 Å². The number of allylic oxidation sites excluding steroid dienone is 5. The van der Waals surface area contributed by atoms with Crippen molar-refractivity contribution >= 4 is 31.2 Å². The Morgan fingerprint density at radius 1 is 1.06 bits per heavy atom. The third-order valence-corrected chi connectivity index (χ3v) is 11.7. The molecule has 2 aromatic carbocycles. The molecule has 3 aliphatic rings. The van der Waals surface area contributed by atoms with Crippen molar-refractivity contribution in [3.63, 3.8) is 0 Å². The van der Waals surface area contributed by atoms with Crippen LogP contribution in [0.15, 0.2) is 84.2 Å². The zero-order valence-corrected chi connectivity index (χ0v) is 25.1. The molecule has 5 heteroatoms. The molecule has 1 aliphatic carbocycles. The third kappa shape index (κ3) is 7.06. The van der Waals surface area contributed by atoms with Crippen molar-refractivity contribution < 1.29 is 4.74 Å². The van der Waals surface area contributed by atoms with Crippen molar-refractivity contribution in [2.75, 3.05) is 13.2 Å². The van der Waals surface area contributed by atoms with Crippen LogP contribution in [0.1, 0.15) is 48.4 Å². The zero-order valence-electron chi connectivity index (χ0n) is 20.4. The normalized spacial score (nSPS) is 19.1. The molecular formula is C30H32N2OPbS. The van der Waals surface area contributed by atoms with Gasteiger partial charge in [-0.1, -0.05) is 42.5 Å². The van der Waals surface area contributed by atoms with E-state index in [0.29, 0.717) is 12.6 Å². The molecule has 1 saturated heterocycles. The summed E-state index contributed by atoms with van der Waals surface area (Å²) in [5.74, 6) is 7.20. The number of benzene rings is 2. The van der Waals surface area contributed by atoms with Gasteiger partial charge >= 0.3 is 117 Å². The Morgan fingerprint density at radius 2 is 1.89 bits per heavy atom. The molecule has 2 radical (unpaired) electrons. The van der Waals surface area contributed by atoms with E-state index < -0.39 is 22.7 Å². The summed E-state index contributed by atoms with van der Waals surface area (Å²) in [5.41, 5.74) is 6.77. The summed E-state index contributed by atoms with van der Waals surface area (Å²) in [6.07, 6.45) is 14.9. The molecule has 0 amide bonds. The first-order valence-electron chi connectivity index (χ1n) is 12.5. The maximum absolute atomic E-state index is 5.85. The van der Waals surface area contributed by atoms with Crippen molar-refractivity contribution in [1.82, 2.24) is 9.21 Å². The van der Waals surface area contributed by atoms with Crippen LogP contribution >= 0.6 is 8.50 Å². The van der Waals surface area contributed by atoms with E-state index in [4.69, 9.17) is 4.74 Å². The van der Waals surface area contributed by atoms with Crippen LogP contribution < -0.4 is 4.74 Å². The molecular weight excluding hydrogens is 644 g/mol. The second kappa shape index (κ2) is 12.3. The van der Waals surface area contributed by atoms with Gasteiger partial charge < -0.3 is 0 Å². The van der Waals surface area contributed by atoms with Crippen LogP contribution in [0.2, 0.25) is 4.48 Å². The van der Waals surface area contributed by atoms with E-state index in [1.54, 1.807) is 0 Å². The number of likely N-dealkylation sites (tertiary alicyclic amines) is 1. The van der Waals surface area contributed by atoms with Crippen molar-refractivity contribution in [3.8, 4) is 17.6 Å². The predicted octanol–water partition coefficient (Wildman–Crippen LogP) is 6.70. The molecule has 2 aromatic rings. The second-order valence-electron chi connectivity index (χ2n) is 9.18. The van der Waals surface area contributed by atoms with Gasteiger partial charge in [0.05, 0.1) is 0 Å². The Bertz CT molecular complexity index is 1160. The summed E-state index contributed by atoms with van der Waals surface area (Å²) in [4.78, 5) is 2.62. The van der Waals surface area contributed by atoms with Crippen LogP contribution in [0.4, 0.5) is 0 Å². The van der Waals surface area contributed by atoms with Gasteiger partial charge in [-0.25, -0.2) is 0 Å². The minimum absolute atomic E-state index is 0.433. The van der Waals surface area contributed by atoms with Gasteiger partial charge in [0.25, 0.3) is 0 Å². The maximum atomic E-state index is 5.85. The van der Waals surface area contributed by atoms with Crippen molar-refractivity contribution in [3.05, 3.63) is 101 Å². The van der Waals surface area contributed by atoms with Crippen LogP contribution in [-0.4, -0.2) is 45.1 Å². The molecule has 35 heavy (non-hydrogen) atoms. The molecule has 0 aromatic heterocycles. The summed E-state index contributed by atoms with van der Waals surface area (Å²) >= 11 is -0.463. The first-order chi connectivity index (χ1) is 17.3. The summed E-state index contributed by atoms with van der Waals surface area (Å²) in [6, 6.07) is 18.4. The quantitative estimate of drug-likeness (QED) is 0.167. The fourth-order valence-electron chi connectivity index (χ4n) is 4.80. The van der Waals surface area contributed by atoms with Crippen molar-refractivity contribution in [2.45, 2.75) is 49.2 Å². The molecule has 1 fully saturated rings. The van der Waals surface area contributed by atoms with E-state index in [1.807, 2.05) is 8.50 Å². The van der Waals surface area contributed by atoms with Gasteiger partial charge in [0.1, 0.15) is 0 Å². The Kier molecular flexibility index (Phi) is 8.72. The minimum atomic E-state index is -0.463. The first-order valence-corrected chi connectivity index (χ1v) is 21.9. The van der Waals surface area contributed by atoms with Crippen LogP contribution in [-0.2, 0) is 13.0 Å². The summed E-state index contributed by atoms with van der Waals surface area (Å²) in [7, 11) is 1.96. The summed E-state index contributed by atoms with van der Waals surface area (Å²) in [6.45, 7) is 2.60. The fraction of sp³-hybridized carbons (Fsp3) is 0.333. The van der Waals surface area contributed by atoms with Crippen LogP contribution in [0.3, 0.4) is 0 Å². The van der Waals surface area contributed by atoms with Crippen LogP contribution in [0.5, 0.6) is 5.75 Å². The average molecular weight is 676 g/mol. The Hall–Kier alpha value is -1.95. The van der Waals surface area contributed by atoms with Crippen molar-refractivity contribution in [1.29, 1.82) is 0 Å². The Morgan fingerprint density at radius 3 is 2.66 bits per heavy atom. The van der Waals surface area contributed by atoms with Crippen LogP contribution in [0, 0.1) is 11.8 Å². The number of ether oxygens (including phenoxy) is 1. The third-order valence-electron chi connectivity index (χ3n) is 6.64. The molecule has 1 atom stereocenters. The van der Waals surface area contributed by atoms with Gasteiger partial charge in [0.2, 0.25) is 0 Å². The van der Waals surface area contributed by atoms with Gasteiger partial charge in [0.15, 0.2) is 0 Å². The molecule has 1 unspecified atom stereocenters. The standard InChI is InChI=1S/C29H29N2OS.CH3.Pb/c33-31-22-27(31)8-5-19-32-28-16-14-26(15-17-28)29-9-4-18-30(29)21-25-12-10-24(11-13-25)20-23-6-2-1-3-7-23;;/h2,6-7,10-17,22,29H,1,3-4,9,18-21H2;1H3;/q-1;;+1. The summed E-state index contributed by atoms with van der Waals surface area (Å²) in [5, 5.41) is 0. The van der Waals surface area contributed by atoms with E-state index in [1.165, 1.54) is 47.9 Å². The number of nitrogens with zero attached hydrogens (tertiary/aromatic N) is 2. The predicted molar refractivity (Wildman–Crippen MR) is 148 cm³/mol. The molecule has 2 heterocycles. The SMILES string of the molecule is [CH3][Pb][S]N1C=C1C#CCOc1ccc(C2CCCN2Cc2ccc(CC3=CCCC=C3)cc2)cc1. The Balaban J connectivity index is 1.12. The molecule has 0 spiro atoms. The zero-order chi connectivity index (χ0) is 23.9. The monoisotopic (exact) mass is 676 g/mol. The number of rotatable bonds is 9. The van der Waals surface area contributed by atoms with Gasteiger partial charge in [-0.2, -0.15) is 0 Å². The van der Waals surface area contributed by atoms with Gasteiger partial charge in [-0.15, -0.1) is 0 Å². The Labute approximate surface area is 224 Å². The second-order valence-corrected chi connectivity index (χ2v) is 17.1. The molecule has 2 aliphatic heterocycles. The van der Waals surface area contributed by atoms with Gasteiger partial charge in [-0.3, -0.25) is 4.90 Å². The fourth-order valence-corrected chi connectivity index (χ4v) is 9.35. The molecule has 5 rings (SSSR count). The van der Waals surface area contributed by atoms with E-state index in [2.05, 4.69) is 98.5 Å². The molecule has 0 bridgehead atoms. The number of hydrogen-bond donors (Lipinski definition) is 0. The van der Waals surface area contributed by atoms with Crippen LogP contribution in [0.25, 0.3) is 0 Å². The number of hydrogen-bond acceptors (Lipinski definition) is 4. The van der Waals surface area contributed by atoms with E-state index >= 15 is 0 Å². The van der Waals surface area contributed by atoms with Gasteiger partial charge in [-0.05, 0) is 55.3 Å².